The lowest BCUT2D eigenvalue weighted by Crippen LogP contribution is -2.53. The molecule has 2 rings (SSSR count). The van der Waals surface area contributed by atoms with Crippen molar-refractivity contribution in [3.05, 3.63) is 62.1 Å². The monoisotopic (exact) mass is 572 g/mol. The zero-order valence-corrected chi connectivity index (χ0v) is 20.8. The normalized spacial score (nSPS) is 12.2. The average Bonchev–Trinajstić information content (AvgIpc) is 2.63. The number of halogens is 2. The number of nitrogens with one attached hydrogen (secondary N) is 1. The molecule has 2 amide bonds. The van der Waals surface area contributed by atoms with Gasteiger partial charge in [0.2, 0.25) is 5.91 Å². The van der Waals surface area contributed by atoms with E-state index in [0.717, 1.165) is 13.6 Å². The fourth-order valence-electron chi connectivity index (χ4n) is 2.65. The molecule has 0 aromatic heterocycles. The van der Waals surface area contributed by atoms with Crippen LogP contribution in [-0.4, -0.2) is 34.9 Å². The highest BCUT2D eigenvalue weighted by Crippen LogP contribution is 2.17. The number of hydrogen-bond acceptors (Lipinski definition) is 3. The Hall–Kier alpha value is -1.61. The van der Waals surface area contributed by atoms with E-state index in [2.05, 4.69) is 43.8 Å². The lowest BCUT2D eigenvalue weighted by molar-refractivity contribution is -0.142. The first kappa shape index (κ1) is 23.7. The summed E-state index contributed by atoms with van der Waals surface area (Å²) < 4.78 is 7.67. The molecule has 7 heteroatoms. The fraction of sp³-hybridized carbons (Fsp3) is 0.364. The van der Waals surface area contributed by atoms with Crippen LogP contribution in [0.1, 0.15) is 33.3 Å². The molecule has 0 saturated carbocycles. The first-order valence-corrected chi connectivity index (χ1v) is 11.2. The minimum atomic E-state index is -0.638. The predicted molar refractivity (Wildman–Crippen MR) is 127 cm³/mol. The van der Waals surface area contributed by atoms with E-state index in [1.807, 2.05) is 69.3 Å². The third-order valence-corrected chi connectivity index (χ3v) is 5.30. The van der Waals surface area contributed by atoms with Crippen LogP contribution in [0.3, 0.4) is 0 Å². The van der Waals surface area contributed by atoms with E-state index in [9.17, 15) is 9.59 Å². The molecule has 0 fully saturated rings. The van der Waals surface area contributed by atoms with Crippen LogP contribution in [0.4, 0.5) is 0 Å². The Morgan fingerprint density at radius 1 is 1.17 bits per heavy atom. The smallest absolute Gasteiger partial charge is 0.261 e. The zero-order chi connectivity index (χ0) is 21.6. The molecule has 29 heavy (non-hydrogen) atoms. The van der Waals surface area contributed by atoms with Gasteiger partial charge >= 0.3 is 0 Å². The van der Waals surface area contributed by atoms with Crippen LogP contribution in [0.2, 0.25) is 0 Å². The van der Waals surface area contributed by atoms with E-state index in [1.54, 1.807) is 11.8 Å². The van der Waals surface area contributed by atoms with E-state index < -0.39 is 6.04 Å². The number of hydrogen-bond donors (Lipinski definition) is 1. The van der Waals surface area contributed by atoms with Crippen molar-refractivity contribution in [3.8, 4) is 5.75 Å². The highest BCUT2D eigenvalue weighted by molar-refractivity contribution is 14.1. The topological polar surface area (TPSA) is 58.6 Å². The molecule has 0 spiro atoms. The van der Waals surface area contributed by atoms with E-state index in [4.69, 9.17) is 4.74 Å². The SMILES string of the molecule is CC(C(=O)NC(C)(C)C)N(Cc1cccc(Br)c1)C(=O)COc1ccc(I)cc1. The van der Waals surface area contributed by atoms with Crippen molar-refractivity contribution in [2.45, 2.75) is 45.8 Å². The molecule has 0 aliphatic rings. The van der Waals surface area contributed by atoms with Crippen molar-refractivity contribution in [1.29, 1.82) is 0 Å². The number of rotatable bonds is 7. The Morgan fingerprint density at radius 2 is 1.83 bits per heavy atom. The number of carbonyl (C=O) groups excluding carboxylic acids is 2. The van der Waals surface area contributed by atoms with Crippen LogP contribution in [0, 0.1) is 3.57 Å². The van der Waals surface area contributed by atoms with E-state index in [1.165, 1.54) is 0 Å². The number of amides is 2. The third-order valence-electron chi connectivity index (χ3n) is 4.08. The van der Waals surface area contributed by atoms with Gasteiger partial charge in [-0.3, -0.25) is 9.59 Å². The first-order chi connectivity index (χ1) is 13.5. The van der Waals surface area contributed by atoms with Gasteiger partial charge in [0.15, 0.2) is 6.61 Å². The first-order valence-electron chi connectivity index (χ1n) is 9.29. The Labute approximate surface area is 194 Å². The molecular weight excluding hydrogens is 547 g/mol. The maximum absolute atomic E-state index is 13.0. The molecule has 0 radical (unpaired) electrons. The highest BCUT2D eigenvalue weighted by atomic mass is 127. The Balaban J connectivity index is 2.16. The van der Waals surface area contributed by atoms with Crippen molar-refractivity contribution in [2.24, 2.45) is 0 Å². The highest BCUT2D eigenvalue weighted by Gasteiger charge is 2.28. The van der Waals surface area contributed by atoms with Crippen LogP contribution in [0.5, 0.6) is 5.75 Å². The van der Waals surface area contributed by atoms with Crippen LogP contribution < -0.4 is 10.1 Å². The number of carbonyl (C=O) groups is 2. The summed E-state index contributed by atoms with van der Waals surface area (Å²) in [5.41, 5.74) is 0.547. The largest absolute Gasteiger partial charge is 0.484 e. The van der Waals surface area contributed by atoms with Gasteiger partial charge in [0.25, 0.3) is 5.91 Å². The van der Waals surface area contributed by atoms with Gasteiger partial charge in [0, 0.05) is 20.1 Å². The van der Waals surface area contributed by atoms with Crippen molar-refractivity contribution < 1.29 is 14.3 Å². The Morgan fingerprint density at radius 3 is 2.41 bits per heavy atom. The van der Waals surface area contributed by atoms with Crippen molar-refractivity contribution in [2.75, 3.05) is 6.61 Å². The quantitative estimate of drug-likeness (QED) is 0.487. The summed E-state index contributed by atoms with van der Waals surface area (Å²) in [6, 6.07) is 14.5. The minimum absolute atomic E-state index is 0.137. The van der Waals surface area contributed by atoms with Crippen LogP contribution in [-0.2, 0) is 16.1 Å². The molecule has 0 aliphatic carbocycles. The molecule has 0 saturated heterocycles. The summed E-state index contributed by atoms with van der Waals surface area (Å²) in [7, 11) is 0. The summed E-state index contributed by atoms with van der Waals surface area (Å²) in [5.74, 6) is 0.170. The Kier molecular flexibility index (Phi) is 8.51. The van der Waals surface area contributed by atoms with Gasteiger partial charge in [-0.2, -0.15) is 0 Å². The third kappa shape index (κ3) is 7.97. The summed E-state index contributed by atoms with van der Waals surface area (Å²) in [5, 5.41) is 2.95. The van der Waals surface area contributed by atoms with Crippen LogP contribution in [0.15, 0.2) is 53.0 Å². The molecule has 1 N–H and O–H groups in total. The van der Waals surface area contributed by atoms with E-state index in [-0.39, 0.29) is 24.0 Å². The molecule has 2 aromatic carbocycles. The minimum Gasteiger partial charge on any atom is -0.484 e. The van der Waals surface area contributed by atoms with Gasteiger partial charge in [-0.15, -0.1) is 0 Å². The maximum Gasteiger partial charge on any atom is 0.261 e. The Bertz CT molecular complexity index is 850. The number of nitrogens with zero attached hydrogens (tertiary/aromatic N) is 1. The molecule has 0 bridgehead atoms. The van der Waals surface area contributed by atoms with E-state index in [0.29, 0.717) is 12.3 Å². The van der Waals surface area contributed by atoms with Crippen LogP contribution >= 0.6 is 38.5 Å². The lowest BCUT2D eigenvalue weighted by atomic mass is 10.1. The molecular formula is C22H26BrIN2O3. The standard InChI is InChI=1S/C22H26BrIN2O3/c1-15(21(28)25-22(2,3)4)26(13-16-6-5-7-17(23)12-16)20(27)14-29-19-10-8-18(24)9-11-19/h5-12,15H,13-14H2,1-4H3,(H,25,28). The summed E-state index contributed by atoms with van der Waals surface area (Å²) in [6.45, 7) is 7.66. The summed E-state index contributed by atoms with van der Waals surface area (Å²) in [4.78, 5) is 27.3. The molecule has 2 aromatic rings. The number of benzene rings is 2. The van der Waals surface area contributed by atoms with Crippen molar-refractivity contribution >= 4 is 50.3 Å². The summed E-state index contributed by atoms with van der Waals surface area (Å²) in [6.07, 6.45) is 0. The van der Waals surface area contributed by atoms with Gasteiger partial charge in [0.1, 0.15) is 11.8 Å². The lowest BCUT2D eigenvalue weighted by Gasteiger charge is -2.31. The van der Waals surface area contributed by atoms with Gasteiger partial charge in [0.05, 0.1) is 0 Å². The zero-order valence-electron chi connectivity index (χ0n) is 17.0. The van der Waals surface area contributed by atoms with Crippen molar-refractivity contribution in [1.82, 2.24) is 10.2 Å². The molecule has 1 unspecified atom stereocenters. The van der Waals surface area contributed by atoms with Gasteiger partial charge in [-0.25, -0.2) is 0 Å². The fourth-order valence-corrected chi connectivity index (χ4v) is 3.45. The molecule has 0 aliphatic heterocycles. The van der Waals surface area contributed by atoms with E-state index >= 15 is 0 Å². The van der Waals surface area contributed by atoms with Crippen molar-refractivity contribution in [3.63, 3.8) is 0 Å². The average molecular weight is 573 g/mol. The molecule has 0 heterocycles. The summed E-state index contributed by atoms with van der Waals surface area (Å²) >= 11 is 5.67. The van der Waals surface area contributed by atoms with Crippen LogP contribution in [0.25, 0.3) is 0 Å². The second-order valence-electron chi connectivity index (χ2n) is 7.81. The second-order valence-corrected chi connectivity index (χ2v) is 9.97. The molecule has 156 valence electrons. The number of ether oxygens (including phenoxy) is 1. The molecule has 5 nitrogen and oxygen atoms in total. The second kappa shape index (κ2) is 10.4. The maximum atomic E-state index is 13.0. The van der Waals surface area contributed by atoms with Gasteiger partial charge in [-0.1, -0.05) is 28.1 Å². The molecule has 1 atom stereocenters. The van der Waals surface area contributed by atoms with Gasteiger partial charge < -0.3 is 15.0 Å². The predicted octanol–water partition coefficient (Wildman–Crippen LogP) is 4.76. The van der Waals surface area contributed by atoms with Gasteiger partial charge in [-0.05, 0) is 92.2 Å².